The molecular formula is C25H19F4N3O4. The van der Waals surface area contributed by atoms with Crippen LogP contribution in [0.5, 0.6) is 5.75 Å². The molecule has 0 saturated carbocycles. The number of aryl methyl sites for hydroxylation is 2. The van der Waals surface area contributed by atoms with Crippen molar-refractivity contribution in [3.63, 3.8) is 0 Å². The van der Waals surface area contributed by atoms with Gasteiger partial charge in [-0.3, -0.25) is 14.4 Å². The summed E-state index contributed by atoms with van der Waals surface area (Å²) in [6.07, 6.45) is 1.71. The first-order chi connectivity index (χ1) is 17.1. The number of nitrogens with zero attached hydrogens (tertiary/aromatic N) is 2. The Labute approximate surface area is 201 Å². The molecule has 2 amide bonds. The van der Waals surface area contributed by atoms with Crippen molar-refractivity contribution in [2.75, 3.05) is 11.4 Å². The topological polar surface area (TPSA) is 91.6 Å². The van der Waals surface area contributed by atoms with Crippen molar-refractivity contribution >= 4 is 17.5 Å². The summed E-state index contributed by atoms with van der Waals surface area (Å²) >= 11 is 0. The molecule has 0 spiro atoms. The molecule has 36 heavy (non-hydrogen) atoms. The van der Waals surface area contributed by atoms with Gasteiger partial charge in [0.1, 0.15) is 17.2 Å². The van der Waals surface area contributed by atoms with Gasteiger partial charge in [-0.25, -0.2) is 17.6 Å². The molecule has 1 atom stereocenters. The third kappa shape index (κ3) is 3.71. The number of nitrogens with one attached hydrogen (secondary N) is 1. The number of hydrogen-bond acceptors (Lipinski definition) is 4. The van der Waals surface area contributed by atoms with Crippen LogP contribution in [-0.2, 0) is 13.0 Å². The predicted octanol–water partition coefficient (Wildman–Crippen LogP) is 3.50. The lowest BCUT2D eigenvalue weighted by Gasteiger charge is -2.35. The zero-order valence-corrected chi connectivity index (χ0v) is 18.9. The summed E-state index contributed by atoms with van der Waals surface area (Å²) in [5.74, 6) is -6.73. The Kier molecular flexibility index (Phi) is 5.57. The molecule has 1 aromatic heterocycles. The Morgan fingerprint density at radius 1 is 1.06 bits per heavy atom. The van der Waals surface area contributed by atoms with E-state index in [0.29, 0.717) is 17.5 Å². The highest BCUT2D eigenvalue weighted by molar-refractivity contribution is 6.08. The van der Waals surface area contributed by atoms with Crippen LogP contribution in [0, 0.1) is 30.2 Å². The molecule has 2 aromatic carbocycles. The number of hydrogen-bond donors (Lipinski definition) is 2. The Morgan fingerprint density at radius 3 is 2.42 bits per heavy atom. The van der Waals surface area contributed by atoms with E-state index in [-0.39, 0.29) is 24.3 Å². The molecule has 2 bridgehead atoms. The van der Waals surface area contributed by atoms with Crippen LogP contribution in [0.4, 0.5) is 23.2 Å². The van der Waals surface area contributed by atoms with Gasteiger partial charge in [-0.15, -0.1) is 0 Å². The molecule has 0 fully saturated rings. The van der Waals surface area contributed by atoms with Crippen LogP contribution >= 0.6 is 0 Å². The molecule has 3 heterocycles. The molecule has 7 nitrogen and oxygen atoms in total. The number of fused-ring (bicyclic) bond motifs is 6. The fraction of sp³-hybridized carbons (Fsp3) is 0.240. The lowest BCUT2D eigenvalue weighted by Crippen LogP contribution is -2.44. The molecule has 5 rings (SSSR count). The van der Waals surface area contributed by atoms with Crippen LogP contribution in [0.25, 0.3) is 0 Å². The van der Waals surface area contributed by atoms with E-state index in [1.54, 1.807) is 0 Å². The van der Waals surface area contributed by atoms with Crippen LogP contribution in [-0.4, -0.2) is 28.0 Å². The highest BCUT2D eigenvalue weighted by Crippen LogP contribution is 2.38. The third-order valence-corrected chi connectivity index (χ3v) is 6.56. The summed E-state index contributed by atoms with van der Waals surface area (Å²) in [6.45, 7) is 0.987. The van der Waals surface area contributed by atoms with Gasteiger partial charge in [0.15, 0.2) is 23.1 Å². The van der Waals surface area contributed by atoms with Crippen molar-refractivity contribution in [2.24, 2.45) is 0 Å². The fourth-order valence-corrected chi connectivity index (χ4v) is 4.74. The van der Waals surface area contributed by atoms with E-state index >= 15 is 0 Å². The van der Waals surface area contributed by atoms with Crippen molar-refractivity contribution < 1.29 is 32.3 Å². The Morgan fingerprint density at radius 2 is 1.72 bits per heavy atom. The number of halogens is 4. The maximum Gasteiger partial charge on any atom is 0.279 e. The number of carbonyl (C=O) groups is 2. The number of benzene rings is 2. The van der Waals surface area contributed by atoms with Crippen LogP contribution in [0.3, 0.4) is 0 Å². The number of amides is 2. The van der Waals surface area contributed by atoms with E-state index in [9.17, 15) is 37.1 Å². The summed E-state index contributed by atoms with van der Waals surface area (Å²) in [5.41, 5.74) is -1.58. The van der Waals surface area contributed by atoms with Crippen LogP contribution in [0.2, 0.25) is 0 Å². The Bertz CT molecular complexity index is 1500. The smallest absolute Gasteiger partial charge is 0.279 e. The molecule has 0 radical (unpaired) electrons. The SMILES string of the molecule is Cc1cc(F)c(CNC(=O)c2cn3c(c(O)c2=O)C(=O)N2C[C@@H]3CCc3cc(F)c(F)cc32)c(F)c1. The minimum absolute atomic E-state index is 0.0348. The summed E-state index contributed by atoms with van der Waals surface area (Å²) in [4.78, 5) is 40.0. The first kappa shape index (κ1) is 23.6. The molecule has 2 aliphatic heterocycles. The zero-order chi connectivity index (χ0) is 25.9. The van der Waals surface area contributed by atoms with Crippen LogP contribution < -0.4 is 15.6 Å². The Hall–Kier alpha value is -4.15. The van der Waals surface area contributed by atoms with Gasteiger partial charge in [0, 0.05) is 30.9 Å². The van der Waals surface area contributed by atoms with Crippen molar-refractivity contribution in [3.8, 4) is 5.75 Å². The zero-order valence-electron chi connectivity index (χ0n) is 18.9. The number of carbonyl (C=O) groups excluding carboxylic acids is 2. The fourth-order valence-electron chi connectivity index (χ4n) is 4.74. The average Bonchev–Trinajstić information content (AvgIpc) is 2.97. The van der Waals surface area contributed by atoms with Gasteiger partial charge in [0.25, 0.3) is 11.8 Å². The summed E-state index contributed by atoms with van der Waals surface area (Å²) < 4.78 is 57.3. The number of rotatable bonds is 3. The number of aromatic hydroxyl groups is 1. The highest BCUT2D eigenvalue weighted by atomic mass is 19.2. The molecule has 11 heteroatoms. The lowest BCUT2D eigenvalue weighted by atomic mass is 10.0. The number of aromatic nitrogens is 1. The highest BCUT2D eigenvalue weighted by Gasteiger charge is 2.39. The largest absolute Gasteiger partial charge is 0.503 e. The van der Waals surface area contributed by atoms with Gasteiger partial charge < -0.3 is 19.9 Å². The Balaban J connectivity index is 1.51. The van der Waals surface area contributed by atoms with Crippen molar-refractivity contribution in [1.29, 1.82) is 0 Å². The quantitative estimate of drug-likeness (QED) is 0.538. The van der Waals surface area contributed by atoms with Crippen molar-refractivity contribution in [1.82, 2.24) is 9.88 Å². The minimum Gasteiger partial charge on any atom is -0.503 e. The molecule has 3 aromatic rings. The van der Waals surface area contributed by atoms with Crippen LogP contribution in [0.15, 0.2) is 35.3 Å². The van der Waals surface area contributed by atoms with Gasteiger partial charge in [0.2, 0.25) is 5.43 Å². The number of anilines is 1. The standard InChI is InChI=1S/C25H19F4N3O4/c1-11-4-16(26)14(17(27)5-11)8-30-24(35)15-10-31-13-3-2-12-6-18(28)19(29)7-20(12)32(9-13)25(36)21(31)23(34)22(15)33/h4-7,10,13,34H,2-3,8-9H2,1H3,(H,30,35)/t13-/m0/s1. The molecule has 2 aliphatic rings. The predicted molar refractivity (Wildman–Crippen MR) is 120 cm³/mol. The van der Waals surface area contributed by atoms with Crippen LogP contribution in [0.1, 0.15) is 50.0 Å². The molecule has 0 saturated heterocycles. The van der Waals surface area contributed by atoms with Gasteiger partial charge >= 0.3 is 0 Å². The van der Waals surface area contributed by atoms with Gasteiger partial charge in [0.05, 0.1) is 11.7 Å². The minimum atomic E-state index is -1.15. The van der Waals surface area contributed by atoms with Gasteiger partial charge in [-0.2, -0.15) is 0 Å². The van der Waals surface area contributed by atoms with E-state index in [2.05, 4.69) is 5.32 Å². The third-order valence-electron chi connectivity index (χ3n) is 6.56. The first-order valence-electron chi connectivity index (χ1n) is 11.1. The molecule has 186 valence electrons. The lowest BCUT2D eigenvalue weighted by molar-refractivity contribution is 0.0929. The van der Waals surface area contributed by atoms with E-state index in [1.165, 1.54) is 16.4 Å². The molecule has 2 N–H and O–H groups in total. The maximum absolute atomic E-state index is 14.1. The van der Waals surface area contributed by atoms with Crippen molar-refractivity contribution in [3.05, 3.63) is 91.9 Å². The van der Waals surface area contributed by atoms with E-state index in [4.69, 9.17) is 0 Å². The van der Waals surface area contributed by atoms with Gasteiger partial charge in [-0.1, -0.05) is 0 Å². The summed E-state index contributed by atoms with van der Waals surface area (Å²) in [5, 5.41) is 12.9. The normalized spacial score (nSPS) is 16.3. The van der Waals surface area contributed by atoms with E-state index in [1.807, 2.05) is 0 Å². The van der Waals surface area contributed by atoms with E-state index < -0.39 is 70.0 Å². The number of pyridine rings is 1. The first-order valence-corrected chi connectivity index (χ1v) is 11.1. The van der Waals surface area contributed by atoms with E-state index in [0.717, 1.165) is 30.5 Å². The molecule has 0 aliphatic carbocycles. The molecular weight excluding hydrogens is 482 g/mol. The second-order valence-electron chi connectivity index (χ2n) is 8.87. The van der Waals surface area contributed by atoms with Gasteiger partial charge in [-0.05, 0) is 49.1 Å². The second kappa shape index (κ2) is 8.51. The average molecular weight is 501 g/mol. The van der Waals surface area contributed by atoms with Crippen molar-refractivity contribution in [2.45, 2.75) is 32.4 Å². The monoisotopic (exact) mass is 501 g/mol. The second-order valence-corrected chi connectivity index (χ2v) is 8.87. The summed E-state index contributed by atoms with van der Waals surface area (Å²) in [6, 6.07) is 3.59. The molecule has 0 unspecified atom stereocenters. The maximum atomic E-state index is 14.1. The summed E-state index contributed by atoms with van der Waals surface area (Å²) in [7, 11) is 0.